The Morgan fingerprint density at radius 2 is 2.24 bits per heavy atom. The monoisotopic (exact) mass is 283 g/mol. The molecule has 1 atom stereocenters. The highest BCUT2D eigenvalue weighted by molar-refractivity contribution is 5.34. The lowest BCUT2D eigenvalue weighted by Crippen LogP contribution is -2.17. The highest BCUT2D eigenvalue weighted by Crippen LogP contribution is 2.40. The van der Waals surface area contributed by atoms with Crippen LogP contribution in [0, 0.1) is 23.1 Å². The summed E-state index contributed by atoms with van der Waals surface area (Å²) in [6.07, 6.45) is 6.76. The molecule has 1 aromatic heterocycles. The summed E-state index contributed by atoms with van der Waals surface area (Å²) in [6, 6.07) is 9.15. The molecule has 108 valence electrons. The summed E-state index contributed by atoms with van der Waals surface area (Å²) in [5.74, 6) is 0.292. The van der Waals surface area contributed by atoms with Crippen LogP contribution >= 0.6 is 0 Å². The number of benzene rings is 1. The Kier molecular flexibility index (Phi) is 3.76. The van der Waals surface area contributed by atoms with Gasteiger partial charge in [-0.2, -0.15) is 5.26 Å². The molecule has 0 bridgehead atoms. The quantitative estimate of drug-likeness (QED) is 0.915. The van der Waals surface area contributed by atoms with E-state index in [9.17, 15) is 4.39 Å². The van der Waals surface area contributed by atoms with Crippen LogP contribution in [0.4, 0.5) is 4.39 Å². The van der Waals surface area contributed by atoms with E-state index in [0.717, 1.165) is 11.5 Å². The molecular formula is C17H18FN3. The van der Waals surface area contributed by atoms with E-state index in [4.69, 9.17) is 5.26 Å². The van der Waals surface area contributed by atoms with Gasteiger partial charge in [0.15, 0.2) is 0 Å². The third-order valence-electron chi connectivity index (χ3n) is 4.05. The van der Waals surface area contributed by atoms with Crippen molar-refractivity contribution in [3.8, 4) is 6.07 Å². The Morgan fingerprint density at radius 1 is 1.43 bits per heavy atom. The van der Waals surface area contributed by atoms with Crippen LogP contribution < -0.4 is 5.32 Å². The van der Waals surface area contributed by atoms with Gasteiger partial charge in [-0.25, -0.2) is 4.39 Å². The van der Waals surface area contributed by atoms with Gasteiger partial charge in [-0.3, -0.25) is 0 Å². The lowest BCUT2D eigenvalue weighted by molar-refractivity contribution is 0.528. The highest BCUT2D eigenvalue weighted by Gasteiger charge is 2.31. The zero-order chi connectivity index (χ0) is 14.8. The van der Waals surface area contributed by atoms with Crippen molar-refractivity contribution in [3.05, 3.63) is 59.2 Å². The smallest absolute Gasteiger partial charge is 0.140 e. The van der Waals surface area contributed by atoms with Gasteiger partial charge in [-0.1, -0.05) is 6.07 Å². The molecular weight excluding hydrogens is 265 g/mol. The van der Waals surface area contributed by atoms with Crippen LogP contribution in [0.5, 0.6) is 0 Å². The first-order valence-electron chi connectivity index (χ1n) is 7.22. The second-order valence-electron chi connectivity index (χ2n) is 5.65. The van der Waals surface area contributed by atoms with Gasteiger partial charge in [-0.15, -0.1) is 0 Å². The number of nitrogens with zero attached hydrogens (tertiary/aromatic N) is 2. The first-order chi connectivity index (χ1) is 10.2. The first kappa shape index (κ1) is 13.8. The third-order valence-corrected chi connectivity index (χ3v) is 4.05. The normalized spacial score (nSPS) is 15.7. The van der Waals surface area contributed by atoms with Crippen molar-refractivity contribution in [1.82, 2.24) is 9.88 Å². The Labute approximate surface area is 124 Å². The maximum atomic E-state index is 13.3. The molecule has 1 heterocycles. The Balaban J connectivity index is 1.76. The lowest BCUT2D eigenvalue weighted by Gasteiger charge is -2.13. The summed E-state index contributed by atoms with van der Waals surface area (Å²) in [5, 5.41) is 12.3. The number of hydrogen-bond acceptors (Lipinski definition) is 2. The standard InChI is InChI=1S/C17H18FN3/c1-20-17(13-3-4-13)14-6-7-21(11-14)10-12-2-5-16(18)15(8-12)9-19/h2,5-8,11,13,17,20H,3-4,10H2,1H3. The van der Waals surface area contributed by atoms with E-state index in [1.165, 1.54) is 24.5 Å². The summed E-state index contributed by atoms with van der Waals surface area (Å²) < 4.78 is 15.4. The molecule has 0 saturated heterocycles. The van der Waals surface area contributed by atoms with Crippen molar-refractivity contribution in [2.75, 3.05) is 7.05 Å². The molecule has 1 aliphatic carbocycles. The molecule has 1 aliphatic rings. The van der Waals surface area contributed by atoms with Crippen LogP contribution in [-0.4, -0.2) is 11.6 Å². The fourth-order valence-electron chi connectivity index (χ4n) is 2.81. The van der Waals surface area contributed by atoms with Crippen molar-refractivity contribution >= 4 is 0 Å². The second-order valence-corrected chi connectivity index (χ2v) is 5.65. The van der Waals surface area contributed by atoms with E-state index < -0.39 is 5.82 Å². The summed E-state index contributed by atoms with van der Waals surface area (Å²) in [7, 11) is 2.00. The Bertz CT molecular complexity index is 680. The second kappa shape index (κ2) is 5.71. The molecule has 4 heteroatoms. The molecule has 2 aromatic rings. The van der Waals surface area contributed by atoms with Crippen molar-refractivity contribution in [2.24, 2.45) is 5.92 Å². The van der Waals surface area contributed by atoms with Crippen LogP contribution in [0.3, 0.4) is 0 Å². The summed E-state index contributed by atoms with van der Waals surface area (Å²) in [4.78, 5) is 0. The van der Waals surface area contributed by atoms with Gasteiger partial charge in [0.1, 0.15) is 11.9 Å². The molecule has 1 fully saturated rings. The minimum Gasteiger partial charge on any atom is -0.350 e. The van der Waals surface area contributed by atoms with Crippen LogP contribution in [0.1, 0.15) is 35.6 Å². The summed E-state index contributed by atoms with van der Waals surface area (Å²) in [5.41, 5.74) is 2.33. The largest absolute Gasteiger partial charge is 0.350 e. The molecule has 3 rings (SSSR count). The average molecular weight is 283 g/mol. The molecule has 0 amide bonds. The molecule has 1 aromatic carbocycles. The fourth-order valence-corrected chi connectivity index (χ4v) is 2.81. The molecule has 3 nitrogen and oxygen atoms in total. The number of rotatable bonds is 5. The van der Waals surface area contributed by atoms with E-state index in [-0.39, 0.29) is 5.56 Å². The van der Waals surface area contributed by atoms with Gasteiger partial charge < -0.3 is 9.88 Å². The van der Waals surface area contributed by atoms with E-state index in [2.05, 4.69) is 22.1 Å². The molecule has 1 saturated carbocycles. The number of aromatic nitrogens is 1. The SMILES string of the molecule is CNC(c1ccn(Cc2ccc(F)c(C#N)c2)c1)C1CC1. The maximum absolute atomic E-state index is 13.3. The average Bonchev–Trinajstić information content (AvgIpc) is 3.22. The van der Waals surface area contributed by atoms with Gasteiger partial charge in [0.2, 0.25) is 0 Å². The molecule has 0 radical (unpaired) electrons. The zero-order valence-electron chi connectivity index (χ0n) is 12.0. The molecule has 21 heavy (non-hydrogen) atoms. The Hall–Kier alpha value is -2.12. The fraction of sp³-hybridized carbons (Fsp3) is 0.353. The molecule has 0 aliphatic heterocycles. The number of nitrogens with one attached hydrogen (secondary N) is 1. The van der Waals surface area contributed by atoms with E-state index in [0.29, 0.717) is 12.6 Å². The van der Waals surface area contributed by atoms with Crippen molar-refractivity contribution in [2.45, 2.75) is 25.4 Å². The Morgan fingerprint density at radius 3 is 2.90 bits per heavy atom. The van der Waals surface area contributed by atoms with Crippen molar-refractivity contribution in [1.29, 1.82) is 5.26 Å². The van der Waals surface area contributed by atoms with Gasteiger partial charge >= 0.3 is 0 Å². The van der Waals surface area contributed by atoms with Crippen LogP contribution in [0.2, 0.25) is 0 Å². The van der Waals surface area contributed by atoms with Crippen LogP contribution in [0.15, 0.2) is 36.7 Å². The van der Waals surface area contributed by atoms with E-state index in [1.807, 2.05) is 19.3 Å². The number of hydrogen-bond donors (Lipinski definition) is 1. The number of halogens is 1. The lowest BCUT2D eigenvalue weighted by atomic mass is 10.1. The van der Waals surface area contributed by atoms with Gasteiger partial charge in [0.25, 0.3) is 0 Å². The van der Waals surface area contributed by atoms with E-state index in [1.54, 1.807) is 12.1 Å². The summed E-state index contributed by atoms with van der Waals surface area (Å²) in [6.45, 7) is 0.649. The minimum absolute atomic E-state index is 0.103. The zero-order valence-corrected chi connectivity index (χ0v) is 12.0. The van der Waals surface area contributed by atoms with Gasteiger partial charge in [0, 0.05) is 25.0 Å². The number of nitriles is 1. The van der Waals surface area contributed by atoms with E-state index >= 15 is 0 Å². The maximum Gasteiger partial charge on any atom is 0.140 e. The molecule has 0 spiro atoms. The van der Waals surface area contributed by atoms with Gasteiger partial charge in [0.05, 0.1) is 5.56 Å². The van der Waals surface area contributed by atoms with Crippen LogP contribution in [-0.2, 0) is 6.54 Å². The first-order valence-corrected chi connectivity index (χ1v) is 7.22. The predicted molar refractivity (Wildman–Crippen MR) is 79.2 cm³/mol. The highest BCUT2D eigenvalue weighted by atomic mass is 19.1. The minimum atomic E-state index is -0.460. The third kappa shape index (κ3) is 2.98. The van der Waals surface area contributed by atoms with Gasteiger partial charge in [-0.05, 0) is 55.1 Å². The molecule has 1 unspecified atom stereocenters. The van der Waals surface area contributed by atoms with Crippen LogP contribution in [0.25, 0.3) is 0 Å². The topological polar surface area (TPSA) is 40.8 Å². The van der Waals surface area contributed by atoms with Crippen molar-refractivity contribution < 1.29 is 4.39 Å². The summed E-state index contributed by atoms with van der Waals surface area (Å²) >= 11 is 0. The predicted octanol–water partition coefficient (Wildman–Crippen LogP) is 3.22. The molecule has 1 N–H and O–H groups in total. The van der Waals surface area contributed by atoms with Crippen molar-refractivity contribution in [3.63, 3.8) is 0 Å².